The van der Waals surface area contributed by atoms with Crippen LogP contribution in [0.1, 0.15) is 44.6 Å². The van der Waals surface area contributed by atoms with E-state index >= 15 is 0 Å². The summed E-state index contributed by atoms with van der Waals surface area (Å²) in [6.07, 6.45) is 5.26. The zero-order valence-corrected chi connectivity index (χ0v) is 17.3. The lowest BCUT2D eigenvalue weighted by Crippen LogP contribution is -2.50. The second-order valence-corrected chi connectivity index (χ2v) is 12.6. The van der Waals surface area contributed by atoms with Crippen molar-refractivity contribution in [2.24, 2.45) is 5.92 Å². The summed E-state index contributed by atoms with van der Waals surface area (Å²) in [5, 5.41) is 10.7. The first-order valence-corrected chi connectivity index (χ1v) is 12.6. The summed E-state index contributed by atoms with van der Waals surface area (Å²) in [5.74, 6) is 6.79. The van der Waals surface area contributed by atoms with Gasteiger partial charge in [-0.2, -0.15) is 0 Å². The van der Waals surface area contributed by atoms with Gasteiger partial charge in [-0.25, -0.2) is 0 Å². The molecule has 1 aromatic rings. The van der Waals surface area contributed by atoms with Gasteiger partial charge in [0.25, 0.3) is 5.69 Å². The highest BCUT2D eigenvalue weighted by molar-refractivity contribution is 6.69. The predicted octanol–water partition coefficient (Wildman–Crippen LogP) is 5.69. The summed E-state index contributed by atoms with van der Waals surface area (Å²) in [6.45, 7) is 13.0. The molecule has 5 heteroatoms. The van der Waals surface area contributed by atoms with Crippen LogP contribution in [0.5, 0.6) is 0 Å². The number of nitro groups is 1. The SMILES string of the molecule is C=C(C)[C@@]1(O[Si](C)(C)C)CCCC[C@@H]1CC#Cc1ccc([N+](=O)[O-])cc1. The van der Waals surface area contributed by atoms with Crippen molar-refractivity contribution in [3.63, 3.8) is 0 Å². The van der Waals surface area contributed by atoms with E-state index in [1.54, 1.807) is 12.1 Å². The fourth-order valence-electron chi connectivity index (χ4n) is 3.76. The molecule has 0 saturated heterocycles. The van der Waals surface area contributed by atoms with Crippen LogP contribution < -0.4 is 0 Å². The largest absolute Gasteiger partial charge is 0.408 e. The van der Waals surface area contributed by atoms with Crippen molar-refractivity contribution in [3.8, 4) is 11.8 Å². The number of nitro benzene ring substituents is 1. The van der Waals surface area contributed by atoms with Crippen molar-refractivity contribution in [1.82, 2.24) is 0 Å². The summed E-state index contributed by atoms with van der Waals surface area (Å²) in [4.78, 5) is 10.3. The molecule has 0 bridgehead atoms. The van der Waals surface area contributed by atoms with Crippen LogP contribution >= 0.6 is 0 Å². The quantitative estimate of drug-likeness (QED) is 0.219. The molecule has 2 atom stereocenters. The Balaban J connectivity index is 2.17. The minimum atomic E-state index is -1.71. The summed E-state index contributed by atoms with van der Waals surface area (Å²) >= 11 is 0. The van der Waals surface area contributed by atoms with E-state index < -0.39 is 13.2 Å². The minimum Gasteiger partial charge on any atom is -0.408 e. The van der Waals surface area contributed by atoms with Gasteiger partial charge in [-0.3, -0.25) is 10.1 Å². The lowest BCUT2D eigenvalue weighted by atomic mass is 9.70. The average molecular weight is 372 g/mol. The maximum absolute atomic E-state index is 10.7. The highest BCUT2D eigenvalue weighted by atomic mass is 28.4. The predicted molar refractivity (Wildman–Crippen MR) is 109 cm³/mol. The van der Waals surface area contributed by atoms with Crippen molar-refractivity contribution >= 4 is 14.0 Å². The molecule has 140 valence electrons. The third-order valence-corrected chi connectivity index (χ3v) is 5.86. The molecule has 0 unspecified atom stereocenters. The van der Waals surface area contributed by atoms with Crippen LogP contribution in [0.15, 0.2) is 36.4 Å². The van der Waals surface area contributed by atoms with Gasteiger partial charge in [0.2, 0.25) is 0 Å². The van der Waals surface area contributed by atoms with E-state index in [2.05, 4.69) is 45.0 Å². The second-order valence-electron chi connectivity index (χ2n) is 8.14. The summed E-state index contributed by atoms with van der Waals surface area (Å²) in [7, 11) is -1.71. The van der Waals surface area contributed by atoms with Crippen molar-refractivity contribution < 1.29 is 9.35 Å². The Morgan fingerprint density at radius 2 is 2.00 bits per heavy atom. The number of nitrogens with zero attached hydrogens (tertiary/aromatic N) is 1. The van der Waals surface area contributed by atoms with Gasteiger partial charge in [0.1, 0.15) is 0 Å². The highest BCUT2D eigenvalue weighted by Gasteiger charge is 2.44. The first kappa shape index (κ1) is 20.4. The molecule has 0 heterocycles. The first-order valence-electron chi connectivity index (χ1n) is 9.23. The molecule has 0 radical (unpaired) electrons. The first-order chi connectivity index (χ1) is 12.1. The van der Waals surface area contributed by atoms with E-state index in [9.17, 15) is 10.1 Å². The number of rotatable bonds is 5. The van der Waals surface area contributed by atoms with Crippen molar-refractivity contribution in [1.29, 1.82) is 0 Å². The van der Waals surface area contributed by atoms with Crippen LogP contribution in [0.3, 0.4) is 0 Å². The van der Waals surface area contributed by atoms with Gasteiger partial charge < -0.3 is 4.43 Å². The molecule has 4 nitrogen and oxygen atoms in total. The molecule has 1 fully saturated rings. The molecule has 0 spiro atoms. The minimum absolute atomic E-state index is 0.0904. The summed E-state index contributed by atoms with van der Waals surface area (Å²) in [6, 6.07) is 6.40. The maximum atomic E-state index is 10.7. The van der Waals surface area contributed by atoms with Gasteiger partial charge in [-0.15, -0.1) is 0 Å². The van der Waals surface area contributed by atoms with Crippen molar-refractivity contribution in [2.75, 3.05) is 0 Å². The maximum Gasteiger partial charge on any atom is 0.269 e. The van der Waals surface area contributed by atoms with Crippen LogP contribution in [0, 0.1) is 27.9 Å². The lowest BCUT2D eigenvalue weighted by Gasteiger charge is -2.48. The normalized spacial score (nSPS) is 23.0. The molecule has 0 aromatic heterocycles. The molecular weight excluding hydrogens is 342 g/mol. The zero-order chi connectivity index (χ0) is 19.4. The Morgan fingerprint density at radius 3 is 2.54 bits per heavy atom. The van der Waals surface area contributed by atoms with Gasteiger partial charge in [0, 0.05) is 30.0 Å². The average Bonchev–Trinajstić information content (AvgIpc) is 2.55. The number of benzene rings is 1. The summed E-state index contributed by atoms with van der Waals surface area (Å²) in [5.41, 5.74) is 1.75. The molecule has 0 aliphatic heterocycles. The van der Waals surface area contributed by atoms with E-state index in [1.165, 1.54) is 25.0 Å². The monoisotopic (exact) mass is 371 g/mol. The number of hydrogen-bond acceptors (Lipinski definition) is 3. The van der Waals surface area contributed by atoms with Crippen molar-refractivity contribution in [2.45, 2.75) is 64.3 Å². The van der Waals surface area contributed by atoms with Gasteiger partial charge in [0.05, 0.1) is 10.5 Å². The lowest BCUT2D eigenvalue weighted by molar-refractivity contribution is -0.384. The van der Waals surface area contributed by atoms with Gasteiger partial charge in [-0.05, 0) is 57.1 Å². The van der Waals surface area contributed by atoms with Crippen molar-refractivity contribution in [3.05, 3.63) is 52.1 Å². The van der Waals surface area contributed by atoms with Crippen LogP contribution in [0.4, 0.5) is 5.69 Å². The van der Waals surface area contributed by atoms with E-state index in [0.717, 1.165) is 30.4 Å². The molecule has 0 N–H and O–H groups in total. The summed E-state index contributed by atoms with van der Waals surface area (Å²) < 4.78 is 6.68. The highest BCUT2D eigenvalue weighted by Crippen LogP contribution is 2.44. The van der Waals surface area contributed by atoms with Gasteiger partial charge in [0.15, 0.2) is 8.32 Å². The zero-order valence-electron chi connectivity index (χ0n) is 16.3. The smallest absolute Gasteiger partial charge is 0.269 e. The third-order valence-electron chi connectivity index (χ3n) is 4.88. The van der Waals surface area contributed by atoms with Gasteiger partial charge in [-0.1, -0.05) is 31.3 Å². The van der Waals surface area contributed by atoms with Crippen LogP contribution in [0.25, 0.3) is 0 Å². The van der Waals surface area contributed by atoms with E-state index in [-0.39, 0.29) is 11.3 Å². The molecular formula is C21H29NO3Si. The molecule has 1 aliphatic rings. The van der Waals surface area contributed by atoms with Crippen LogP contribution in [-0.4, -0.2) is 18.8 Å². The Bertz CT molecular complexity index is 724. The number of hydrogen-bond donors (Lipinski definition) is 0. The molecule has 0 amide bonds. The fourth-order valence-corrected chi connectivity index (χ4v) is 5.29. The van der Waals surface area contributed by atoms with Gasteiger partial charge >= 0.3 is 0 Å². The van der Waals surface area contributed by atoms with Crippen LogP contribution in [-0.2, 0) is 4.43 Å². The Kier molecular flexibility index (Phi) is 6.43. The molecule has 1 aliphatic carbocycles. The molecule has 1 aromatic carbocycles. The Labute approximate surface area is 157 Å². The molecule has 26 heavy (non-hydrogen) atoms. The Hall–Kier alpha value is -1.90. The molecule has 2 rings (SSSR count). The third kappa shape index (κ3) is 5.06. The number of non-ortho nitro benzene ring substituents is 1. The van der Waals surface area contributed by atoms with E-state index in [4.69, 9.17) is 4.43 Å². The molecule has 1 saturated carbocycles. The van der Waals surface area contributed by atoms with E-state index in [0.29, 0.717) is 5.92 Å². The second kappa shape index (κ2) is 8.19. The fraction of sp³-hybridized carbons (Fsp3) is 0.524. The standard InChI is InChI=1S/C21H29NO3Si/c1-17(2)21(25-26(3,4)5)16-7-6-10-19(21)11-8-9-18-12-14-20(15-13-18)22(23)24/h12-15,19H,1,6-7,10-11,16H2,2-5H3/t19-,21+/m1/s1. The van der Waals surface area contributed by atoms with Crippen LogP contribution in [0.2, 0.25) is 19.6 Å². The van der Waals surface area contributed by atoms with E-state index in [1.807, 2.05) is 0 Å². The topological polar surface area (TPSA) is 52.4 Å². The Morgan fingerprint density at radius 1 is 1.35 bits per heavy atom.